The zero-order valence-electron chi connectivity index (χ0n) is 12.7. The first kappa shape index (κ1) is 15.5. The maximum absolute atomic E-state index is 13.6. The third-order valence-electron chi connectivity index (χ3n) is 4.20. The summed E-state index contributed by atoms with van der Waals surface area (Å²) in [7, 11) is 0. The molecule has 1 heterocycles. The third kappa shape index (κ3) is 3.04. The number of phenolic OH excluding ortho intramolecular Hbond substituents is 1. The summed E-state index contributed by atoms with van der Waals surface area (Å²) < 4.78 is 27.0. The summed E-state index contributed by atoms with van der Waals surface area (Å²) in [5, 5.41) is 9.67. The standard InChI is InChI=1S/C18H17F2NO2/c1-11-5-6-13-8-15(20)17(22)9-16(13)21(18(11)23)10-12-3-2-4-14(19)7-12/h2-4,7-9,11,22H,5-6,10H2,1H3. The van der Waals surface area contributed by atoms with Crippen LogP contribution in [-0.4, -0.2) is 11.0 Å². The normalized spacial score (nSPS) is 17.8. The molecule has 0 radical (unpaired) electrons. The Morgan fingerprint density at radius 3 is 2.78 bits per heavy atom. The van der Waals surface area contributed by atoms with Crippen molar-refractivity contribution in [2.45, 2.75) is 26.3 Å². The molecule has 2 aromatic carbocycles. The van der Waals surface area contributed by atoms with E-state index in [1.165, 1.54) is 29.2 Å². The van der Waals surface area contributed by atoms with E-state index in [2.05, 4.69) is 0 Å². The van der Waals surface area contributed by atoms with Crippen LogP contribution in [0.25, 0.3) is 0 Å². The van der Waals surface area contributed by atoms with Gasteiger partial charge in [0.25, 0.3) is 0 Å². The van der Waals surface area contributed by atoms with E-state index < -0.39 is 11.6 Å². The Morgan fingerprint density at radius 1 is 1.26 bits per heavy atom. The summed E-state index contributed by atoms with van der Waals surface area (Å²) in [6.45, 7) is 2.00. The average molecular weight is 317 g/mol. The highest BCUT2D eigenvalue weighted by molar-refractivity contribution is 5.96. The summed E-state index contributed by atoms with van der Waals surface area (Å²) in [5.74, 6) is -1.90. The highest BCUT2D eigenvalue weighted by Gasteiger charge is 2.28. The van der Waals surface area contributed by atoms with Gasteiger partial charge in [0.1, 0.15) is 5.82 Å². The van der Waals surface area contributed by atoms with Crippen molar-refractivity contribution in [3.63, 3.8) is 0 Å². The Hall–Kier alpha value is -2.43. The van der Waals surface area contributed by atoms with Crippen molar-refractivity contribution in [3.05, 3.63) is 59.2 Å². The summed E-state index contributed by atoms with van der Waals surface area (Å²) in [6, 6.07) is 8.57. The van der Waals surface area contributed by atoms with Crippen molar-refractivity contribution in [2.75, 3.05) is 4.90 Å². The van der Waals surface area contributed by atoms with Crippen LogP contribution in [0.1, 0.15) is 24.5 Å². The molecule has 5 heteroatoms. The molecule has 0 aliphatic carbocycles. The van der Waals surface area contributed by atoms with Crippen molar-refractivity contribution in [3.8, 4) is 5.75 Å². The molecule has 0 fully saturated rings. The van der Waals surface area contributed by atoms with Gasteiger partial charge in [0.2, 0.25) is 5.91 Å². The molecule has 1 N–H and O–H groups in total. The fourth-order valence-electron chi connectivity index (χ4n) is 2.90. The van der Waals surface area contributed by atoms with E-state index in [4.69, 9.17) is 0 Å². The molecule has 2 aromatic rings. The number of anilines is 1. The quantitative estimate of drug-likeness (QED) is 0.915. The number of carbonyl (C=O) groups is 1. The maximum Gasteiger partial charge on any atom is 0.230 e. The van der Waals surface area contributed by atoms with Crippen LogP contribution in [0.5, 0.6) is 5.75 Å². The Labute approximate surface area is 133 Å². The minimum atomic E-state index is -0.698. The molecule has 0 bridgehead atoms. The lowest BCUT2D eigenvalue weighted by atomic mass is 10.0. The van der Waals surface area contributed by atoms with Crippen LogP contribution in [0.3, 0.4) is 0 Å². The average Bonchev–Trinajstić information content (AvgIpc) is 2.61. The largest absolute Gasteiger partial charge is 0.505 e. The number of rotatable bonds is 2. The highest BCUT2D eigenvalue weighted by Crippen LogP contribution is 2.34. The number of phenols is 1. The predicted molar refractivity (Wildman–Crippen MR) is 83.1 cm³/mol. The Morgan fingerprint density at radius 2 is 2.04 bits per heavy atom. The Kier molecular flexibility index (Phi) is 4.03. The van der Waals surface area contributed by atoms with Gasteiger partial charge < -0.3 is 10.0 Å². The lowest BCUT2D eigenvalue weighted by Gasteiger charge is -2.25. The minimum Gasteiger partial charge on any atom is -0.505 e. The molecule has 0 spiro atoms. The SMILES string of the molecule is CC1CCc2cc(F)c(O)cc2N(Cc2cccc(F)c2)C1=O. The molecule has 0 aromatic heterocycles. The molecule has 120 valence electrons. The van der Waals surface area contributed by atoms with Crippen LogP contribution in [-0.2, 0) is 17.8 Å². The van der Waals surface area contributed by atoms with Gasteiger partial charge in [-0.25, -0.2) is 8.78 Å². The number of benzene rings is 2. The molecular formula is C18H17F2NO2. The molecular weight excluding hydrogens is 300 g/mol. The molecule has 0 saturated carbocycles. The van der Waals surface area contributed by atoms with Gasteiger partial charge in [-0.1, -0.05) is 19.1 Å². The van der Waals surface area contributed by atoms with E-state index in [1.807, 2.05) is 6.92 Å². The van der Waals surface area contributed by atoms with Gasteiger partial charge in [-0.15, -0.1) is 0 Å². The summed E-state index contributed by atoms with van der Waals surface area (Å²) in [6.07, 6.45) is 1.16. The molecule has 3 nitrogen and oxygen atoms in total. The first-order chi connectivity index (χ1) is 11.0. The van der Waals surface area contributed by atoms with E-state index in [0.717, 1.165) is 0 Å². The molecule has 1 unspecified atom stereocenters. The Bertz CT molecular complexity index is 761. The number of aryl methyl sites for hydroxylation is 1. The number of aromatic hydroxyl groups is 1. The van der Waals surface area contributed by atoms with Crippen LogP contribution in [0, 0.1) is 17.6 Å². The fraction of sp³-hybridized carbons (Fsp3) is 0.278. The first-order valence-corrected chi connectivity index (χ1v) is 7.53. The van der Waals surface area contributed by atoms with Gasteiger partial charge >= 0.3 is 0 Å². The third-order valence-corrected chi connectivity index (χ3v) is 4.20. The van der Waals surface area contributed by atoms with Gasteiger partial charge in [0, 0.05) is 12.0 Å². The monoisotopic (exact) mass is 317 g/mol. The summed E-state index contributed by atoms with van der Waals surface area (Å²) in [4.78, 5) is 14.2. The van der Waals surface area contributed by atoms with Gasteiger partial charge in [-0.05, 0) is 42.2 Å². The molecule has 0 saturated heterocycles. The van der Waals surface area contributed by atoms with Crippen molar-refractivity contribution >= 4 is 11.6 Å². The number of nitrogens with zero attached hydrogens (tertiary/aromatic N) is 1. The number of carbonyl (C=O) groups excluding carboxylic acids is 1. The molecule has 1 aliphatic heterocycles. The van der Waals surface area contributed by atoms with Crippen molar-refractivity contribution < 1.29 is 18.7 Å². The van der Waals surface area contributed by atoms with Crippen molar-refractivity contribution in [1.29, 1.82) is 0 Å². The van der Waals surface area contributed by atoms with E-state index in [0.29, 0.717) is 29.7 Å². The van der Waals surface area contributed by atoms with Crippen LogP contribution in [0.15, 0.2) is 36.4 Å². The lowest BCUT2D eigenvalue weighted by molar-refractivity contribution is -0.122. The smallest absolute Gasteiger partial charge is 0.230 e. The summed E-state index contributed by atoms with van der Waals surface area (Å²) >= 11 is 0. The van der Waals surface area contributed by atoms with Crippen LogP contribution >= 0.6 is 0 Å². The molecule has 3 rings (SSSR count). The van der Waals surface area contributed by atoms with E-state index in [1.54, 1.807) is 12.1 Å². The maximum atomic E-state index is 13.6. The van der Waals surface area contributed by atoms with E-state index in [-0.39, 0.29) is 24.2 Å². The number of fused-ring (bicyclic) bond motifs is 1. The number of amides is 1. The predicted octanol–water partition coefficient (Wildman–Crippen LogP) is 3.79. The zero-order valence-corrected chi connectivity index (χ0v) is 12.7. The fourth-order valence-corrected chi connectivity index (χ4v) is 2.90. The summed E-state index contributed by atoms with van der Waals surface area (Å²) in [5.41, 5.74) is 1.80. The van der Waals surface area contributed by atoms with E-state index in [9.17, 15) is 18.7 Å². The van der Waals surface area contributed by atoms with Gasteiger partial charge in [-0.2, -0.15) is 0 Å². The topological polar surface area (TPSA) is 40.5 Å². The molecule has 23 heavy (non-hydrogen) atoms. The van der Waals surface area contributed by atoms with Crippen LogP contribution < -0.4 is 4.90 Å². The van der Waals surface area contributed by atoms with Crippen molar-refractivity contribution in [2.24, 2.45) is 5.92 Å². The van der Waals surface area contributed by atoms with Crippen molar-refractivity contribution in [1.82, 2.24) is 0 Å². The van der Waals surface area contributed by atoms with Gasteiger partial charge in [0.15, 0.2) is 11.6 Å². The second-order valence-electron chi connectivity index (χ2n) is 5.93. The second kappa shape index (κ2) is 5.99. The first-order valence-electron chi connectivity index (χ1n) is 7.53. The van der Waals surface area contributed by atoms with Gasteiger partial charge in [0.05, 0.1) is 12.2 Å². The molecule has 1 amide bonds. The van der Waals surface area contributed by atoms with Gasteiger partial charge in [-0.3, -0.25) is 4.79 Å². The molecule has 1 atom stereocenters. The minimum absolute atomic E-state index is 0.112. The van der Waals surface area contributed by atoms with E-state index >= 15 is 0 Å². The highest BCUT2D eigenvalue weighted by atomic mass is 19.1. The number of hydrogen-bond acceptors (Lipinski definition) is 2. The number of halogens is 2. The van der Waals surface area contributed by atoms with Crippen LogP contribution in [0.2, 0.25) is 0 Å². The lowest BCUT2D eigenvalue weighted by Crippen LogP contribution is -2.33. The zero-order chi connectivity index (χ0) is 16.6. The Balaban J connectivity index is 2.05. The molecule has 1 aliphatic rings. The van der Waals surface area contributed by atoms with Crippen LogP contribution in [0.4, 0.5) is 14.5 Å². The second-order valence-corrected chi connectivity index (χ2v) is 5.93. The number of hydrogen-bond donors (Lipinski definition) is 1.